The zero-order valence-electron chi connectivity index (χ0n) is 10.6. The minimum atomic E-state index is -1.04. The van der Waals surface area contributed by atoms with Gasteiger partial charge in [-0.1, -0.05) is 0 Å². The average Bonchev–Trinajstić information content (AvgIpc) is 2.31. The molecule has 104 valence electrons. The molecule has 1 heterocycles. The number of rotatable bonds is 5. The largest absolute Gasteiger partial charge is 0.481 e. The van der Waals surface area contributed by atoms with Gasteiger partial charge in [-0.2, -0.15) is 0 Å². The summed E-state index contributed by atoms with van der Waals surface area (Å²) in [5.74, 6) is -1.40. The Morgan fingerprint density at radius 2 is 2.05 bits per heavy atom. The van der Waals surface area contributed by atoms with Crippen LogP contribution < -0.4 is 10.9 Å². The summed E-state index contributed by atoms with van der Waals surface area (Å²) in [5.41, 5.74) is -1.34. The van der Waals surface area contributed by atoms with Crippen molar-refractivity contribution in [2.45, 2.75) is 20.4 Å². The number of carboxylic acid groups (broad SMARTS) is 1. The minimum Gasteiger partial charge on any atom is -0.481 e. The zero-order chi connectivity index (χ0) is 14.6. The Morgan fingerprint density at radius 3 is 2.63 bits per heavy atom. The summed E-state index contributed by atoms with van der Waals surface area (Å²) in [4.78, 5) is 34.0. The number of carbonyl (C=O) groups excluding carboxylic acids is 1. The van der Waals surface area contributed by atoms with Gasteiger partial charge in [0.05, 0.1) is 5.41 Å². The van der Waals surface area contributed by atoms with Crippen LogP contribution in [0.25, 0.3) is 0 Å². The molecule has 1 rings (SSSR count). The Balaban J connectivity index is 2.64. The van der Waals surface area contributed by atoms with Crippen molar-refractivity contribution in [2.75, 3.05) is 6.54 Å². The lowest BCUT2D eigenvalue weighted by atomic mass is 9.94. The van der Waals surface area contributed by atoms with Crippen LogP contribution in [0.1, 0.15) is 13.8 Å². The van der Waals surface area contributed by atoms with Gasteiger partial charge in [-0.05, 0) is 35.8 Å². The lowest BCUT2D eigenvalue weighted by Crippen LogP contribution is -2.41. The molecule has 7 heteroatoms. The van der Waals surface area contributed by atoms with Crippen LogP contribution >= 0.6 is 15.9 Å². The van der Waals surface area contributed by atoms with E-state index in [2.05, 4.69) is 21.2 Å². The van der Waals surface area contributed by atoms with Crippen LogP contribution in [-0.4, -0.2) is 28.1 Å². The van der Waals surface area contributed by atoms with Crippen molar-refractivity contribution in [1.82, 2.24) is 9.88 Å². The van der Waals surface area contributed by atoms with E-state index in [1.807, 2.05) is 0 Å². The third-order valence-electron chi connectivity index (χ3n) is 2.57. The molecule has 0 aliphatic carbocycles. The molecule has 0 unspecified atom stereocenters. The van der Waals surface area contributed by atoms with Crippen LogP contribution in [0.2, 0.25) is 0 Å². The standard InChI is InChI=1S/C12H15BrN2O4/c1-12(2,11(18)19)7-14-9(16)6-15-5-8(13)3-4-10(15)17/h3-5H,6-7H2,1-2H3,(H,14,16)(H,18,19). The molecular weight excluding hydrogens is 316 g/mol. The molecule has 2 N–H and O–H groups in total. The number of nitrogens with one attached hydrogen (secondary N) is 1. The van der Waals surface area contributed by atoms with E-state index in [-0.39, 0.29) is 18.6 Å². The van der Waals surface area contributed by atoms with Gasteiger partial charge in [0, 0.05) is 23.3 Å². The van der Waals surface area contributed by atoms with Crippen LogP contribution in [0.5, 0.6) is 0 Å². The number of aliphatic carboxylic acids is 1. The van der Waals surface area contributed by atoms with Crippen molar-refractivity contribution in [2.24, 2.45) is 5.41 Å². The Kier molecular flexibility index (Phi) is 4.88. The quantitative estimate of drug-likeness (QED) is 0.837. The van der Waals surface area contributed by atoms with E-state index in [9.17, 15) is 14.4 Å². The molecule has 1 aromatic rings. The third-order valence-corrected chi connectivity index (χ3v) is 3.04. The Labute approximate surface area is 118 Å². The molecule has 0 saturated heterocycles. The summed E-state index contributed by atoms with van der Waals surface area (Å²) in [5, 5.41) is 11.4. The normalized spacial score (nSPS) is 11.1. The van der Waals surface area contributed by atoms with Gasteiger partial charge in [-0.15, -0.1) is 0 Å². The Morgan fingerprint density at radius 1 is 1.42 bits per heavy atom. The van der Waals surface area contributed by atoms with Crippen LogP contribution in [0.3, 0.4) is 0 Å². The van der Waals surface area contributed by atoms with Gasteiger partial charge in [-0.25, -0.2) is 0 Å². The maximum absolute atomic E-state index is 11.7. The number of hydrogen-bond acceptors (Lipinski definition) is 3. The molecule has 0 atom stereocenters. The number of pyridine rings is 1. The number of carboxylic acids is 1. The second-order valence-corrected chi connectivity index (χ2v) is 5.69. The first-order valence-electron chi connectivity index (χ1n) is 5.58. The van der Waals surface area contributed by atoms with E-state index in [0.29, 0.717) is 4.47 Å². The summed E-state index contributed by atoms with van der Waals surface area (Å²) < 4.78 is 1.93. The summed E-state index contributed by atoms with van der Waals surface area (Å²) in [6.07, 6.45) is 1.50. The lowest BCUT2D eigenvalue weighted by Gasteiger charge is -2.19. The SMILES string of the molecule is CC(C)(CNC(=O)Cn1cc(Br)ccc1=O)C(=O)O. The predicted molar refractivity (Wildman–Crippen MR) is 72.8 cm³/mol. The molecule has 0 spiro atoms. The second-order valence-electron chi connectivity index (χ2n) is 4.78. The van der Waals surface area contributed by atoms with E-state index < -0.39 is 17.3 Å². The van der Waals surface area contributed by atoms with Crippen molar-refractivity contribution in [3.05, 3.63) is 33.2 Å². The number of halogens is 1. The zero-order valence-corrected chi connectivity index (χ0v) is 12.2. The van der Waals surface area contributed by atoms with Crippen molar-refractivity contribution in [3.63, 3.8) is 0 Å². The highest BCUT2D eigenvalue weighted by Gasteiger charge is 2.27. The van der Waals surface area contributed by atoms with Gasteiger partial charge >= 0.3 is 5.97 Å². The van der Waals surface area contributed by atoms with Crippen LogP contribution in [0.15, 0.2) is 27.6 Å². The highest BCUT2D eigenvalue weighted by molar-refractivity contribution is 9.10. The van der Waals surface area contributed by atoms with Gasteiger partial charge in [-0.3, -0.25) is 14.4 Å². The molecule has 0 saturated carbocycles. The van der Waals surface area contributed by atoms with Gasteiger partial charge in [0.2, 0.25) is 5.91 Å². The fourth-order valence-corrected chi connectivity index (χ4v) is 1.61. The Bertz CT molecular complexity index is 551. The van der Waals surface area contributed by atoms with Crippen molar-refractivity contribution in [1.29, 1.82) is 0 Å². The summed E-state index contributed by atoms with van der Waals surface area (Å²) in [7, 11) is 0. The molecule has 19 heavy (non-hydrogen) atoms. The first kappa shape index (κ1) is 15.4. The predicted octanol–water partition coefficient (Wildman–Crippen LogP) is 0.838. The number of carbonyl (C=O) groups is 2. The second kappa shape index (κ2) is 6.01. The number of aromatic nitrogens is 1. The van der Waals surface area contributed by atoms with E-state index in [1.165, 1.54) is 30.7 Å². The van der Waals surface area contributed by atoms with Crippen molar-refractivity contribution >= 4 is 27.8 Å². The number of hydrogen-bond donors (Lipinski definition) is 2. The van der Waals surface area contributed by atoms with Gasteiger partial charge in [0.25, 0.3) is 5.56 Å². The molecule has 0 bridgehead atoms. The first-order chi connectivity index (χ1) is 8.72. The van der Waals surface area contributed by atoms with Crippen molar-refractivity contribution < 1.29 is 14.7 Å². The maximum atomic E-state index is 11.7. The van der Waals surface area contributed by atoms with E-state index in [0.717, 1.165) is 0 Å². The van der Waals surface area contributed by atoms with E-state index in [1.54, 1.807) is 6.07 Å². The van der Waals surface area contributed by atoms with Gasteiger partial charge in [0.1, 0.15) is 6.54 Å². The molecule has 1 aromatic heterocycles. The molecule has 0 aliphatic rings. The average molecular weight is 331 g/mol. The molecular formula is C12H15BrN2O4. The molecule has 0 fully saturated rings. The fourth-order valence-electron chi connectivity index (χ4n) is 1.23. The van der Waals surface area contributed by atoms with E-state index >= 15 is 0 Å². The first-order valence-corrected chi connectivity index (χ1v) is 6.38. The summed E-state index contributed by atoms with van der Waals surface area (Å²) in [6.45, 7) is 2.89. The number of amides is 1. The highest BCUT2D eigenvalue weighted by atomic mass is 79.9. The smallest absolute Gasteiger partial charge is 0.310 e. The molecule has 0 aromatic carbocycles. The monoisotopic (exact) mass is 330 g/mol. The van der Waals surface area contributed by atoms with Crippen molar-refractivity contribution in [3.8, 4) is 0 Å². The van der Waals surface area contributed by atoms with Crippen LogP contribution in [0, 0.1) is 5.41 Å². The van der Waals surface area contributed by atoms with Crippen LogP contribution in [0.4, 0.5) is 0 Å². The maximum Gasteiger partial charge on any atom is 0.310 e. The molecule has 6 nitrogen and oxygen atoms in total. The summed E-state index contributed by atoms with van der Waals surface area (Å²) >= 11 is 3.21. The fraction of sp³-hybridized carbons (Fsp3) is 0.417. The topological polar surface area (TPSA) is 88.4 Å². The molecule has 0 aliphatic heterocycles. The minimum absolute atomic E-state index is 0.00389. The highest BCUT2D eigenvalue weighted by Crippen LogP contribution is 2.13. The third kappa shape index (κ3) is 4.51. The Hall–Kier alpha value is -1.63. The lowest BCUT2D eigenvalue weighted by molar-refractivity contribution is -0.146. The molecule has 1 amide bonds. The van der Waals surface area contributed by atoms with E-state index in [4.69, 9.17) is 5.11 Å². The van der Waals surface area contributed by atoms with Gasteiger partial charge < -0.3 is 15.0 Å². The van der Waals surface area contributed by atoms with Gasteiger partial charge in [0.15, 0.2) is 0 Å². The summed E-state index contributed by atoms with van der Waals surface area (Å²) in [6, 6.07) is 2.93. The number of nitrogens with zero attached hydrogens (tertiary/aromatic N) is 1. The van der Waals surface area contributed by atoms with Crippen LogP contribution in [-0.2, 0) is 16.1 Å². The molecule has 0 radical (unpaired) electrons.